The fourth-order valence-electron chi connectivity index (χ4n) is 3.17. The molecule has 1 aliphatic heterocycles. The zero-order chi connectivity index (χ0) is 16.4. The maximum absolute atomic E-state index is 12.3. The summed E-state index contributed by atoms with van der Waals surface area (Å²) in [6.07, 6.45) is 2.75. The molecule has 2 unspecified atom stereocenters. The van der Waals surface area contributed by atoms with E-state index in [-0.39, 0.29) is 47.5 Å². The van der Waals surface area contributed by atoms with Crippen LogP contribution in [0.1, 0.15) is 30.7 Å². The number of nitrogens with one attached hydrogen (secondary N) is 2. The highest BCUT2D eigenvalue weighted by molar-refractivity contribution is 7.89. The van der Waals surface area contributed by atoms with Crippen LogP contribution >= 0.6 is 24.8 Å². The summed E-state index contributed by atoms with van der Waals surface area (Å²) in [5.41, 5.74) is 6.26. The van der Waals surface area contributed by atoms with Crippen molar-refractivity contribution in [2.24, 2.45) is 17.6 Å². The second-order valence-electron chi connectivity index (χ2n) is 6.47. The Kier molecular flexibility index (Phi) is 8.15. The Morgan fingerprint density at radius 3 is 2.28 bits per heavy atom. The first-order valence-electron chi connectivity index (χ1n) is 8.07. The van der Waals surface area contributed by atoms with Crippen molar-refractivity contribution in [3.63, 3.8) is 0 Å². The van der Waals surface area contributed by atoms with Gasteiger partial charge in [-0.1, -0.05) is 12.1 Å². The van der Waals surface area contributed by atoms with Crippen LogP contribution in [0.2, 0.25) is 0 Å². The minimum Gasteiger partial charge on any atom is -0.369 e. The maximum atomic E-state index is 12.3. The summed E-state index contributed by atoms with van der Waals surface area (Å²) in [6, 6.07) is 6.78. The molecule has 3 rings (SSSR count). The van der Waals surface area contributed by atoms with E-state index in [0.29, 0.717) is 12.5 Å². The molecule has 0 aromatic heterocycles. The monoisotopic (exact) mass is 409 g/mol. The number of primary amides is 1. The summed E-state index contributed by atoms with van der Waals surface area (Å²) in [5, 5.41) is 3.27. The molecule has 0 spiro atoms. The Bertz CT molecular complexity index is 676. The van der Waals surface area contributed by atoms with Crippen LogP contribution in [0.4, 0.5) is 0 Å². The van der Waals surface area contributed by atoms with Crippen molar-refractivity contribution < 1.29 is 13.2 Å². The summed E-state index contributed by atoms with van der Waals surface area (Å²) >= 11 is 0. The SMILES string of the molecule is Cl.Cl.NC(=O)C1CC1c1ccc(S(=O)(=O)NCC2CCNCC2)cc1. The number of hydrogen-bond acceptors (Lipinski definition) is 4. The highest BCUT2D eigenvalue weighted by Crippen LogP contribution is 2.47. The third-order valence-corrected chi connectivity index (χ3v) is 6.23. The van der Waals surface area contributed by atoms with Crippen molar-refractivity contribution in [2.45, 2.75) is 30.1 Å². The molecule has 2 fully saturated rings. The number of amides is 1. The molecule has 142 valence electrons. The van der Waals surface area contributed by atoms with Crippen molar-refractivity contribution in [2.75, 3.05) is 19.6 Å². The van der Waals surface area contributed by atoms with E-state index in [2.05, 4.69) is 10.0 Å². The zero-order valence-electron chi connectivity index (χ0n) is 13.8. The van der Waals surface area contributed by atoms with Crippen molar-refractivity contribution in [3.8, 4) is 0 Å². The van der Waals surface area contributed by atoms with Crippen LogP contribution in [0.5, 0.6) is 0 Å². The lowest BCUT2D eigenvalue weighted by Crippen LogP contribution is -2.35. The Morgan fingerprint density at radius 1 is 1.16 bits per heavy atom. The molecule has 1 amide bonds. The molecule has 1 aromatic carbocycles. The predicted octanol–water partition coefficient (Wildman–Crippen LogP) is 1.40. The van der Waals surface area contributed by atoms with E-state index < -0.39 is 10.0 Å². The van der Waals surface area contributed by atoms with Crippen molar-refractivity contribution in [3.05, 3.63) is 29.8 Å². The number of carbonyl (C=O) groups is 1. The van der Waals surface area contributed by atoms with Crippen molar-refractivity contribution in [1.29, 1.82) is 0 Å². The number of benzene rings is 1. The highest BCUT2D eigenvalue weighted by atomic mass is 35.5. The van der Waals surface area contributed by atoms with Gasteiger partial charge in [-0.3, -0.25) is 4.79 Å². The first-order valence-corrected chi connectivity index (χ1v) is 9.55. The number of piperidine rings is 1. The van der Waals surface area contributed by atoms with Gasteiger partial charge in [-0.05, 0) is 61.9 Å². The van der Waals surface area contributed by atoms with E-state index in [9.17, 15) is 13.2 Å². The minimum absolute atomic E-state index is 0. The van der Waals surface area contributed by atoms with E-state index >= 15 is 0 Å². The van der Waals surface area contributed by atoms with Crippen molar-refractivity contribution in [1.82, 2.24) is 10.0 Å². The second-order valence-corrected chi connectivity index (χ2v) is 8.23. The van der Waals surface area contributed by atoms with Gasteiger partial charge < -0.3 is 11.1 Å². The lowest BCUT2D eigenvalue weighted by molar-refractivity contribution is -0.119. The molecule has 0 radical (unpaired) electrons. The Labute approximate surface area is 161 Å². The van der Waals surface area contributed by atoms with E-state index in [1.165, 1.54) is 0 Å². The normalized spacial score (nSPS) is 23.2. The van der Waals surface area contributed by atoms with Gasteiger partial charge in [0, 0.05) is 12.5 Å². The molecule has 25 heavy (non-hydrogen) atoms. The van der Waals surface area contributed by atoms with E-state index in [0.717, 1.165) is 37.9 Å². The third-order valence-electron chi connectivity index (χ3n) is 4.80. The van der Waals surface area contributed by atoms with Crippen LogP contribution in [0.3, 0.4) is 0 Å². The third kappa shape index (κ3) is 5.56. The molecule has 4 N–H and O–H groups in total. The Balaban J connectivity index is 0.00000156. The van der Waals surface area contributed by atoms with Gasteiger partial charge >= 0.3 is 0 Å². The van der Waals surface area contributed by atoms with Gasteiger partial charge in [0.2, 0.25) is 15.9 Å². The number of sulfonamides is 1. The summed E-state index contributed by atoms with van der Waals surface area (Å²) in [7, 11) is -3.47. The fraction of sp³-hybridized carbons (Fsp3) is 0.562. The number of nitrogens with two attached hydrogens (primary N) is 1. The number of halogens is 2. The van der Waals surface area contributed by atoms with Crippen LogP contribution in [-0.4, -0.2) is 34.0 Å². The quantitative estimate of drug-likeness (QED) is 0.660. The van der Waals surface area contributed by atoms with E-state index in [4.69, 9.17) is 5.73 Å². The topological polar surface area (TPSA) is 101 Å². The van der Waals surface area contributed by atoms with Gasteiger partial charge in [0.25, 0.3) is 0 Å². The molecule has 1 saturated heterocycles. The van der Waals surface area contributed by atoms with Gasteiger partial charge in [-0.2, -0.15) is 0 Å². The largest absolute Gasteiger partial charge is 0.369 e. The number of hydrogen-bond donors (Lipinski definition) is 3. The minimum atomic E-state index is -3.47. The first kappa shape index (κ1) is 22.2. The van der Waals surface area contributed by atoms with Gasteiger partial charge in [-0.25, -0.2) is 13.1 Å². The maximum Gasteiger partial charge on any atom is 0.240 e. The van der Waals surface area contributed by atoms with E-state index in [1.54, 1.807) is 24.3 Å². The average Bonchev–Trinajstić information content (AvgIpc) is 3.35. The summed E-state index contributed by atoms with van der Waals surface area (Å²) in [5.74, 6) is 0.158. The fourth-order valence-corrected chi connectivity index (χ4v) is 4.28. The molecule has 1 aromatic rings. The van der Waals surface area contributed by atoms with Gasteiger partial charge in [-0.15, -0.1) is 24.8 Å². The molecule has 1 aliphatic carbocycles. The number of carbonyl (C=O) groups excluding carboxylic acids is 1. The summed E-state index contributed by atoms with van der Waals surface area (Å²) < 4.78 is 27.4. The molecule has 2 aliphatic rings. The predicted molar refractivity (Wildman–Crippen MR) is 102 cm³/mol. The van der Waals surface area contributed by atoms with Crippen LogP contribution in [0, 0.1) is 11.8 Å². The van der Waals surface area contributed by atoms with Crippen LogP contribution in [0.25, 0.3) is 0 Å². The lowest BCUT2D eigenvalue weighted by Gasteiger charge is -2.22. The highest BCUT2D eigenvalue weighted by Gasteiger charge is 2.42. The summed E-state index contributed by atoms with van der Waals surface area (Å²) in [6.45, 7) is 2.38. The first-order chi connectivity index (χ1) is 11.0. The van der Waals surface area contributed by atoms with E-state index in [1.807, 2.05) is 0 Å². The average molecular weight is 410 g/mol. The zero-order valence-corrected chi connectivity index (χ0v) is 16.3. The van der Waals surface area contributed by atoms with Gasteiger partial charge in [0.15, 0.2) is 0 Å². The molecule has 0 bridgehead atoms. The standard InChI is InChI=1S/C16H23N3O3S.2ClH/c17-16(20)15-9-14(15)12-1-3-13(4-2-12)23(21,22)19-10-11-5-7-18-8-6-11;;/h1-4,11,14-15,18-19H,5-10H2,(H2,17,20);2*1H. The number of rotatable bonds is 6. The Hall–Kier alpha value is -0.860. The van der Waals surface area contributed by atoms with Gasteiger partial charge in [0.05, 0.1) is 4.90 Å². The molecule has 6 nitrogen and oxygen atoms in total. The summed E-state index contributed by atoms with van der Waals surface area (Å²) in [4.78, 5) is 11.4. The van der Waals surface area contributed by atoms with Gasteiger partial charge in [0.1, 0.15) is 0 Å². The van der Waals surface area contributed by atoms with Crippen LogP contribution < -0.4 is 15.8 Å². The molecule has 9 heteroatoms. The molecular weight excluding hydrogens is 385 g/mol. The molecular formula is C16H25Cl2N3O3S. The lowest BCUT2D eigenvalue weighted by atomic mass is 9.99. The molecule has 1 saturated carbocycles. The van der Waals surface area contributed by atoms with Crippen LogP contribution in [-0.2, 0) is 14.8 Å². The Morgan fingerprint density at radius 2 is 1.76 bits per heavy atom. The molecule has 1 heterocycles. The second kappa shape index (κ2) is 9.19. The van der Waals surface area contributed by atoms with Crippen molar-refractivity contribution >= 4 is 40.7 Å². The molecule has 2 atom stereocenters. The van der Waals surface area contributed by atoms with Crippen LogP contribution in [0.15, 0.2) is 29.2 Å². The smallest absolute Gasteiger partial charge is 0.240 e.